The zero-order chi connectivity index (χ0) is 24.1. The lowest BCUT2D eigenvalue weighted by atomic mass is 9.88. The Balaban J connectivity index is 1.27. The molecule has 11 heteroatoms. The highest BCUT2D eigenvalue weighted by Gasteiger charge is 2.30. The highest BCUT2D eigenvalue weighted by molar-refractivity contribution is 7.77. The SMILES string of the molecule is O=S(O)NCc1cccc(C2CCN(Cc3cn(Cc4ccc(C(F)(F)F)cc4)nn3)CC2)c1. The molecule has 1 fully saturated rings. The van der Waals surface area contributed by atoms with E-state index in [-0.39, 0.29) is 0 Å². The maximum atomic E-state index is 12.7. The Morgan fingerprint density at radius 3 is 2.47 bits per heavy atom. The van der Waals surface area contributed by atoms with Crippen molar-refractivity contribution in [3.8, 4) is 0 Å². The van der Waals surface area contributed by atoms with Gasteiger partial charge >= 0.3 is 6.18 Å². The summed E-state index contributed by atoms with van der Waals surface area (Å²) in [5.74, 6) is 0.436. The number of nitrogens with zero attached hydrogens (tertiary/aromatic N) is 4. The van der Waals surface area contributed by atoms with Crippen LogP contribution in [0.25, 0.3) is 0 Å². The molecule has 4 rings (SSSR count). The van der Waals surface area contributed by atoms with E-state index in [9.17, 15) is 17.4 Å². The molecule has 1 aromatic heterocycles. The number of rotatable bonds is 8. The second-order valence-electron chi connectivity index (χ2n) is 8.47. The first kappa shape index (κ1) is 24.5. The number of alkyl halides is 3. The van der Waals surface area contributed by atoms with Crippen molar-refractivity contribution in [3.05, 3.63) is 82.7 Å². The Morgan fingerprint density at radius 1 is 1.06 bits per heavy atom. The first-order chi connectivity index (χ1) is 16.3. The Hall–Kier alpha value is -2.60. The third-order valence-corrected chi connectivity index (χ3v) is 6.40. The second kappa shape index (κ2) is 10.8. The Labute approximate surface area is 198 Å². The first-order valence-electron chi connectivity index (χ1n) is 11.0. The Bertz CT molecular complexity index is 1110. The lowest BCUT2D eigenvalue weighted by Crippen LogP contribution is -2.32. The summed E-state index contributed by atoms with van der Waals surface area (Å²) in [6.45, 7) is 3.21. The maximum absolute atomic E-state index is 12.7. The van der Waals surface area contributed by atoms with Gasteiger partial charge in [0.2, 0.25) is 11.3 Å². The van der Waals surface area contributed by atoms with E-state index < -0.39 is 23.0 Å². The van der Waals surface area contributed by atoms with Gasteiger partial charge in [-0.2, -0.15) is 13.2 Å². The molecule has 7 nitrogen and oxygen atoms in total. The highest BCUT2D eigenvalue weighted by Crippen LogP contribution is 2.30. The van der Waals surface area contributed by atoms with Crippen molar-refractivity contribution in [2.45, 2.75) is 44.6 Å². The Morgan fingerprint density at radius 2 is 1.79 bits per heavy atom. The summed E-state index contributed by atoms with van der Waals surface area (Å²) in [4.78, 5) is 2.32. The molecular weight excluding hydrogens is 467 g/mol. The predicted molar refractivity (Wildman–Crippen MR) is 122 cm³/mol. The molecule has 1 aliphatic rings. The van der Waals surface area contributed by atoms with Crippen molar-refractivity contribution < 1.29 is 21.9 Å². The van der Waals surface area contributed by atoms with Gasteiger partial charge in [0.15, 0.2) is 0 Å². The van der Waals surface area contributed by atoms with E-state index in [1.807, 2.05) is 18.3 Å². The van der Waals surface area contributed by atoms with E-state index in [4.69, 9.17) is 4.55 Å². The number of benzene rings is 2. The zero-order valence-electron chi connectivity index (χ0n) is 18.4. The minimum absolute atomic E-state index is 0.345. The number of hydrogen-bond donors (Lipinski definition) is 2. The molecule has 0 aliphatic carbocycles. The molecule has 34 heavy (non-hydrogen) atoms. The number of piperidine rings is 1. The number of likely N-dealkylation sites (tertiary alicyclic amines) is 1. The largest absolute Gasteiger partial charge is 0.416 e. The van der Waals surface area contributed by atoms with Crippen LogP contribution >= 0.6 is 0 Å². The number of aromatic nitrogens is 3. The molecule has 1 aliphatic heterocycles. The summed E-state index contributed by atoms with van der Waals surface area (Å²) in [7, 11) is 0. The van der Waals surface area contributed by atoms with Crippen LogP contribution in [0.4, 0.5) is 13.2 Å². The van der Waals surface area contributed by atoms with E-state index in [0.717, 1.165) is 54.9 Å². The van der Waals surface area contributed by atoms with E-state index in [1.165, 1.54) is 17.7 Å². The van der Waals surface area contributed by atoms with Gasteiger partial charge < -0.3 is 0 Å². The van der Waals surface area contributed by atoms with Crippen molar-refractivity contribution in [1.82, 2.24) is 24.6 Å². The summed E-state index contributed by atoms with van der Waals surface area (Å²) < 4.78 is 62.0. The maximum Gasteiger partial charge on any atom is 0.416 e. The highest BCUT2D eigenvalue weighted by atomic mass is 32.2. The van der Waals surface area contributed by atoms with E-state index in [0.29, 0.717) is 25.6 Å². The standard InChI is InChI=1S/C23H26F3N5O2S/c24-23(25,26)21-6-4-17(5-7-21)14-31-16-22(28-29-31)15-30-10-8-19(9-11-30)20-3-1-2-18(12-20)13-27-34(32)33/h1-7,12,16,19,27H,8-11,13-15H2,(H,32,33). The fourth-order valence-electron chi connectivity index (χ4n) is 4.23. The summed E-state index contributed by atoms with van der Waals surface area (Å²) in [6.07, 6.45) is -0.496. The van der Waals surface area contributed by atoms with Gasteiger partial charge in [-0.15, -0.1) is 5.10 Å². The van der Waals surface area contributed by atoms with E-state index in [1.54, 1.807) is 4.68 Å². The van der Waals surface area contributed by atoms with E-state index in [2.05, 4.69) is 32.1 Å². The molecule has 0 amide bonds. The molecule has 182 valence electrons. The van der Waals surface area contributed by atoms with Gasteiger partial charge in [0.25, 0.3) is 0 Å². The molecule has 3 aromatic rings. The van der Waals surface area contributed by atoms with Crippen LogP contribution in [0, 0.1) is 0 Å². The molecule has 0 spiro atoms. The molecule has 0 radical (unpaired) electrons. The molecule has 1 unspecified atom stereocenters. The molecule has 1 atom stereocenters. The van der Waals surface area contributed by atoms with Crippen LogP contribution in [0.3, 0.4) is 0 Å². The van der Waals surface area contributed by atoms with Crippen molar-refractivity contribution in [3.63, 3.8) is 0 Å². The van der Waals surface area contributed by atoms with Crippen LogP contribution < -0.4 is 4.72 Å². The number of hydrogen-bond acceptors (Lipinski definition) is 4. The third kappa shape index (κ3) is 6.72. The summed E-state index contributed by atoms with van der Waals surface area (Å²) in [6, 6.07) is 13.2. The quantitative estimate of drug-likeness (QED) is 0.465. The molecule has 0 bridgehead atoms. The third-order valence-electron chi connectivity index (χ3n) is 6.01. The summed E-state index contributed by atoms with van der Waals surface area (Å²) in [5.41, 5.74) is 3.12. The Kier molecular flexibility index (Phi) is 7.77. The number of halogens is 3. The van der Waals surface area contributed by atoms with Gasteiger partial charge in [-0.25, -0.2) is 13.6 Å². The van der Waals surface area contributed by atoms with Gasteiger partial charge in [0.1, 0.15) is 0 Å². The molecule has 0 saturated carbocycles. The lowest BCUT2D eigenvalue weighted by Gasteiger charge is -2.31. The lowest BCUT2D eigenvalue weighted by molar-refractivity contribution is -0.137. The van der Waals surface area contributed by atoms with Crippen molar-refractivity contribution in [1.29, 1.82) is 0 Å². The van der Waals surface area contributed by atoms with Crippen molar-refractivity contribution in [2.24, 2.45) is 0 Å². The summed E-state index contributed by atoms with van der Waals surface area (Å²) in [5, 5.41) is 8.35. The van der Waals surface area contributed by atoms with Gasteiger partial charge in [-0.1, -0.05) is 41.6 Å². The molecule has 2 N–H and O–H groups in total. The molecule has 1 saturated heterocycles. The number of nitrogens with one attached hydrogen (secondary N) is 1. The second-order valence-corrected chi connectivity index (χ2v) is 9.25. The van der Waals surface area contributed by atoms with Gasteiger partial charge in [-0.3, -0.25) is 9.45 Å². The fraction of sp³-hybridized carbons (Fsp3) is 0.391. The van der Waals surface area contributed by atoms with Gasteiger partial charge in [0.05, 0.1) is 24.0 Å². The van der Waals surface area contributed by atoms with Crippen molar-refractivity contribution in [2.75, 3.05) is 13.1 Å². The smallest absolute Gasteiger partial charge is 0.297 e. The van der Waals surface area contributed by atoms with Gasteiger partial charge in [-0.05, 0) is 60.7 Å². The van der Waals surface area contributed by atoms with Crippen LogP contribution in [0.2, 0.25) is 0 Å². The average Bonchev–Trinajstić information content (AvgIpc) is 3.25. The minimum Gasteiger partial charge on any atom is -0.297 e. The van der Waals surface area contributed by atoms with E-state index >= 15 is 0 Å². The molecular formula is C23H26F3N5O2S. The van der Waals surface area contributed by atoms with Crippen LogP contribution in [0.5, 0.6) is 0 Å². The minimum atomic E-state index is -4.34. The van der Waals surface area contributed by atoms with Crippen LogP contribution in [0.1, 0.15) is 46.7 Å². The topological polar surface area (TPSA) is 83.3 Å². The zero-order valence-corrected chi connectivity index (χ0v) is 19.2. The van der Waals surface area contributed by atoms with Crippen LogP contribution in [0.15, 0.2) is 54.7 Å². The normalized spacial score (nSPS) is 16.6. The molecule has 2 heterocycles. The predicted octanol–water partition coefficient (Wildman–Crippen LogP) is 3.95. The first-order valence-corrected chi connectivity index (χ1v) is 12.1. The molecule has 2 aromatic carbocycles. The fourth-order valence-corrected chi connectivity index (χ4v) is 4.52. The van der Waals surface area contributed by atoms with Gasteiger partial charge in [0, 0.05) is 13.1 Å². The summed E-state index contributed by atoms with van der Waals surface area (Å²) >= 11 is -2.03. The van der Waals surface area contributed by atoms with Crippen LogP contribution in [-0.2, 0) is 37.1 Å². The van der Waals surface area contributed by atoms with Crippen LogP contribution in [-0.4, -0.2) is 41.7 Å². The average molecular weight is 494 g/mol. The van der Waals surface area contributed by atoms with Crippen molar-refractivity contribution >= 4 is 11.3 Å². The monoisotopic (exact) mass is 493 g/mol.